The van der Waals surface area contributed by atoms with Crippen molar-refractivity contribution >= 4 is 21.8 Å². The van der Waals surface area contributed by atoms with Crippen molar-refractivity contribution in [3.8, 4) is 0 Å². The fraction of sp³-hybridized carbons (Fsp3) is 0.333. The van der Waals surface area contributed by atoms with E-state index in [4.69, 9.17) is 0 Å². The largest absolute Gasteiger partial charge is 0.385 e. The lowest BCUT2D eigenvalue weighted by Crippen LogP contribution is -2.44. The summed E-state index contributed by atoms with van der Waals surface area (Å²) in [6.45, 7) is 6.31. The van der Waals surface area contributed by atoms with E-state index >= 15 is 0 Å². The van der Waals surface area contributed by atoms with Gasteiger partial charge >= 0.3 is 0 Å². The quantitative estimate of drug-likeness (QED) is 0.487. The van der Waals surface area contributed by atoms with Crippen LogP contribution in [0.25, 0.3) is 21.8 Å². The first-order chi connectivity index (χ1) is 14.6. The van der Waals surface area contributed by atoms with Crippen molar-refractivity contribution in [2.45, 2.75) is 31.9 Å². The summed E-state index contributed by atoms with van der Waals surface area (Å²) >= 11 is 0. The van der Waals surface area contributed by atoms with Crippen molar-refractivity contribution in [1.82, 2.24) is 9.47 Å². The summed E-state index contributed by atoms with van der Waals surface area (Å²) < 4.78 is 2.49. The lowest BCUT2D eigenvalue weighted by atomic mass is 9.84. The molecule has 2 heterocycles. The zero-order valence-electron chi connectivity index (χ0n) is 17.7. The monoisotopic (exact) mass is 398 g/mol. The third-order valence-corrected chi connectivity index (χ3v) is 6.74. The second-order valence-corrected chi connectivity index (χ2v) is 8.95. The minimum atomic E-state index is -0.673. The average Bonchev–Trinajstić information content (AvgIpc) is 3.10. The number of hydrogen-bond acceptors (Lipinski definition) is 2. The van der Waals surface area contributed by atoms with Crippen LogP contribution in [0.15, 0.2) is 78.9 Å². The van der Waals surface area contributed by atoms with E-state index in [1.165, 1.54) is 21.8 Å². The van der Waals surface area contributed by atoms with Gasteiger partial charge in [-0.1, -0.05) is 73.7 Å². The van der Waals surface area contributed by atoms with Gasteiger partial charge in [0.25, 0.3) is 0 Å². The van der Waals surface area contributed by atoms with Crippen molar-refractivity contribution < 1.29 is 5.11 Å². The van der Waals surface area contributed by atoms with E-state index in [2.05, 4.69) is 77.1 Å². The molecule has 5 rings (SSSR count). The predicted molar refractivity (Wildman–Crippen MR) is 125 cm³/mol. The first kappa shape index (κ1) is 19.3. The Labute approximate surface area is 178 Å². The van der Waals surface area contributed by atoms with Gasteiger partial charge in [0, 0.05) is 48.0 Å². The van der Waals surface area contributed by atoms with Crippen molar-refractivity contribution in [3.05, 3.63) is 84.4 Å². The fourth-order valence-corrected chi connectivity index (χ4v) is 5.15. The zero-order valence-corrected chi connectivity index (χ0v) is 17.7. The van der Waals surface area contributed by atoms with E-state index in [1.807, 2.05) is 18.2 Å². The zero-order chi connectivity index (χ0) is 20.6. The summed E-state index contributed by atoms with van der Waals surface area (Å²) in [5.74, 6) is 0.534. The van der Waals surface area contributed by atoms with E-state index in [1.54, 1.807) is 0 Å². The Balaban J connectivity index is 1.29. The molecule has 1 saturated heterocycles. The number of aromatic nitrogens is 1. The molecule has 4 aromatic rings. The molecule has 1 fully saturated rings. The number of benzene rings is 3. The van der Waals surface area contributed by atoms with Gasteiger partial charge in [-0.15, -0.1) is 0 Å². The number of para-hydroxylation sites is 2. The van der Waals surface area contributed by atoms with Crippen LogP contribution in [0.2, 0.25) is 0 Å². The maximum absolute atomic E-state index is 11.1. The molecular formula is C27H30N2O. The molecule has 0 radical (unpaired) electrons. The van der Waals surface area contributed by atoms with Crippen LogP contribution in [-0.4, -0.2) is 34.2 Å². The molecule has 0 aliphatic carbocycles. The van der Waals surface area contributed by atoms with Gasteiger partial charge in [0.05, 0.1) is 5.60 Å². The Morgan fingerprint density at radius 2 is 1.30 bits per heavy atom. The van der Waals surface area contributed by atoms with Crippen molar-refractivity contribution in [2.24, 2.45) is 5.92 Å². The number of piperidine rings is 1. The Morgan fingerprint density at radius 1 is 0.767 bits per heavy atom. The molecule has 1 N–H and O–H groups in total. The van der Waals surface area contributed by atoms with Gasteiger partial charge in [-0.2, -0.15) is 0 Å². The van der Waals surface area contributed by atoms with E-state index in [0.717, 1.165) is 44.6 Å². The molecule has 3 aromatic carbocycles. The number of nitrogens with zero attached hydrogens (tertiary/aromatic N) is 2. The highest BCUT2D eigenvalue weighted by atomic mass is 16.3. The highest BCUT2D eigenvalue weighted by Gasteiger charge is 2.34. The van der Waals surface area contributed by atoms with Crippen molar-refractivity contribution in [1.29, 1.82) is 0 Å². The third-order valence-electron chi connectivity index (χ3n) is 6.74. The summed E-state index contributed by atoms with van der Waals surface area (Å²) in [7, 11) is 0. The summed E-state index contributed by atoms with van der Waals surface area (Å²) in [6.07, 6.45) is 1.61. The maximum Gasteiger partial charge on any atom is 0.0920 e. The number of likely N-dealkylation sites (tertiary alicyclic amines) is 1. The van der Waals surface area contributed by atoms with Gasteiger partial charge in [-0.25, -0.2) is 0 Å². The first-order valence-corrected chi connectivity index (χ1v) is 11.1. The minimum Gasteiger partial charge on any atom is -0.385 e. The predicted octanol–water partition coefficient (Wildman–Crippen LogP) is 5.41. The maximum atomic E-state index is 11.1. The molecule has 1 aliphatic heterocycles. The second kappa shape index (κ2) is 7.90. The Bertz CT molecular complexity index is 1090. The molecule has 0 amide bonds. The third kappa shape index (κ3) is 3.53. The highest BCUT2D eigenvalue weighted by Crippen LogP contribution is 2.33. The summed E-state index contributed by atoms with van der Waals surface area (Å²) in [5, 5.41) is 13.8. The topological polar surface area (TPSA) is 28.4 Å². The molecule has 3 heteroatoms. The number of hydrogen-bond donors (Lipinski definition) is 1. The molecule has 30 heavy (non-hydrogen) atoms. The molecule has 1 aliphatic rings. The number of aliphatic hydroxyl groups is 1. The molecule has 0 saturated carbocycles. The van der Waals surface area contributed by atoms with Crippen LogP contribution >= 0.6 is 0 Å². The smallest absolute Gasteiger partial charge is 0.0920 e. The van der Waals surface area contributed by atoms with Crippen LogP contribution in [0.5, 0.6) is 0 Å². The Hall–Kier alpha value is -2.62. The van der Waals surface area contributed by atoms with Gasteiger partial charge in [0.2, 0.25) is 0 Å². The van der Waals surface area contributed by atoms with Gasteiger partial charge in [-0.3, -0.25) is 0 Å². The van der Waals surface area contributed by atoms with Crippen LogP contribution in [-0.2, 0) is 12.1 Å². The van der Waals surface area contributed by atoms with Gasteiger partial charge in [0.15, 0.2) is 0 Å². The lowest BCUT2D eigenvalue weighted by Gasteiger charge is -2.39. The fourth-order valence-electron chi connectivity index (χ4n) is 5.15. The van der Waals surface area contributed by atoms with Crippen LogP contribution in [0.4, 0.5) is 0 Å². The molecule has 1 atom stereocenters. The molecule has 154 valence electrons. The van der Waals surface area contributed by atoms with E-state index < -0.39 is 5.60 Å². The molecular weight excluding hydrogens is 368 g/mol. The van der Waals surface area contributed by atoms with Gasteiger partial charge in [0.1, 0.15) is 0 Å². The standard InChI is InChI=1S/C27H30N2O/c1-21(19-28-17-15-27(30,16-18-28)22-9-3-2-4-10-22)20-29-25-13-7-5-11-23(25)24-12-6-8-14-26(24)29/h2-14,21,30H,15-20H2,1H3/t21-/m0/s1. The van der Waals surface area contributed by atoms with Crippen LogP contribution in [0.1, 0.15) is 25.3 Å². The molecule has 1 aromatic heterocycles. The van der Waals surface area contributed by atoms with E-state index in [9.17, 15) is 5.11 Å². The summed E-state index contributed by atoms with van der Waals surface area (Å²) in [4.78, 5) is 2.52. The molecule has 0 spiro atoms. The van der Waals surface area contributed by atoms with Crippen LogP contribution in [0, 0.1) is 5.92 Å². The molecule has 3 nitrogen and oxygen atoms in total. The molecule has 0 bridgehead atoms. The highest BCUT2D eigenvalue weighted by molar-refractivity contribution is 6.07. The Kier molecular flexibility index (Phi) is 5.10. The Morgan fingerprint density at radius 3 is 1.90 bits per heavy atom. The van der Waals surface area contributed by atoms with Gasteiger partial charge in [-0.05, 0) is 36.5 Å². The average molecular weight is 399 g/mol. The summed E-state index contributed by atoms with van der Waals surface area (Å²) in [6, 6.07) is 27.6. The SMILES string of the molecule is C[C@@H](CN1CCC(O)(c2ccccc2)CC1)Cn1c2ccccc2c2ccccc21. The number of rotatable bonds is 5. The molecule has 0 unspecified atom stereocenters. The second-order valence-electron chi connectivity index (χ2n) is 8.95. The van der Waals surface area contributed by atoms with Crippen LogP contribution < -0.4 is 0 Å². The van der Waals surface area contributed by atoms with Crippen molar-refractivity contribution in [2.75, 3.05) is 19.6 Å². The lowest BCUT2D eigenvalue weighted by molar-refractivity contribution is -0.0287. The van der Waals surface area contributed by atoms with Crippen molar-refractivity contribution in [3.63, 3.8) is 0 Å². The summed E-state index contributed by atoms with van der Waals surface area (Å²) in [5.41, 5.74) is 3.03. The van der Waals surface area contributed by atoms with Crippen LogP contribution in [0.3, 0.4) is 0 Å². The first-order valence-electron chi connectivity index (χ1n) is 11.1. The minimum absolute atomic E-state index is 0.534. The van der Waals surface area contributed by atoms with Gasteiger partial charge < -0.3 is 14.6 Å². The van der Waals surface area contributed by atoms with E-state index in [0.29, 0.717) is 5.92 Å². The normalized spacial score (nSPS) is 18.1. The number of fused-ring (bicyclic) bond motifs is 3. The van der Waals surface area contributed by atoms with E-state index in [-0.39, 0.29) is 0 Å².